The van der Waals surface area contributed by atoms with Crippen molar-refractivity contribution >= 4 is 28.5 Å². The fraction of sp³-hybridized carbons (Fsp3) is 0.250. The second kappa shape index (κ2) is 7.62. The van der Waals surface area contributed by atoms with Gasteiger partial charge in [0.2, 0.25) is 0 Å². The summed E-state index contributed by atoms with van der Waals surface area (Å²) in [5.74, 6) is 0.286. The predicted molar refractivity (Wildman–Crippen MR) is 99.4 cm³/mol. The monoisotopic (exact) mass is 357 g/mol. The minimum absolute atomic E-state index is 0.101. The summed E-state index contributed by atoms with van der Waals surface area (Å²) >= 11 is 6.11. The summed E-state index contributed by atoms with van der Waals surface area (Å²) in [5, 5.41) is 1.72. The second-order valence-corrected chi connectivity index (χ2v) is 6.20. The van der Waals surface area contributed by atoms with Gasteiger partial charge in [0.1, 0.15) is 5.75 Å². The predicted octanol–water partition coefficient (Wildman–Crippen LogP) is 4.46. The number of aryl methyl sites for hydroxylation is 1. The molecule has 2 aromatic carbocycles. The minimum atomic E-state index is -0.397. The number of nitrogens with zero attached hydrogens (tertiary/aromatic N) is 1. The average molecular weight is 358 g/mol. The number of methoxy groups -OCH3 is 1. The highest BCUT2D eigenvalue weighted by atomic mass is 35.5. The maximum atomic E-state index is 11.4. The maximum absolute atomic E-state index is 11.4. The Hall–Kier alpha value is -2.46. The molecule has 0 amide bonds. The molecule has 3 rings (SSSR count). The summed E-state index contributed by atoms with van der Waals surface area (Å²) in [4.78, 5) is 11.4. The molecule has 0 N–H and O–H groups in total. The molecule has 3 aromatic rings. The molecular weight excluding hydrogens is 338 g/mol. The van der Waals surface area contributed by atoms with E-state index in [1.54, 1.807) is 0 Å². The molecule has 1 aromatic heterocycles. The van der Waals surface area contributed by atoms with Crippen molar-refractivity contribution in [2.24, 2.45) is 0 Å². The molecule has 0 fully saturated rings. The van der Waals surface area contributed by atoms with Crippen molar-refractivity contribution in [2.45, 2.75) is 19.9 Å². The Bertz CT molecular complexity index is 901. The molecule has 25 heavy (non-hydrogen) atoms. The van der Waals surface area contributed by atoms with Gasteiger partial charge in [-0.2, -0.15) is 0 Å². The number of benzene rings is 2. The molecule has 0 atom stereocenters. The van der Waals surface area contributed by atoms with Crippen LogP contribution >= 0.6 is 11.6 Å². The first kappa shape index (κ1) is 17.4. The molecule has 0 saturated heterocycles. The van der Waals surface area contributed by atoms with Gasteiger partial charge in [0.05, 0.1) is 12.6 Å². The average Bonchev–Trinajstić information content (AvgIpc) is 2.98. The van der Waals surface area contributed by atoms with Crippen molar-refractivity contribution in [1.29, 1.82) is 0 Å². The first-order chi connectivity index (χ1) is 12.1. The van der Waals surface area contributed by atoms with Gasteiger partial charge in [-0.05, 0) is 42.3 Å². The van der Waals surface area contributed by atoms with Gasteiger partial charge in [0.25, 0.3) is 0 Å². The summed E-state index contributed by atoms with van der Waals surface area (Å²) in [6.07, 6.45) is 0.895. The summed E-state index contributed by atoms with van der Waals surface area (Å²) < 4.78 is 12.5. The van der Waals surface area contributed by atoms with Gasteiger partial charge in [-0.15, -0.1) is 0 Å². The lowest BCUT2D eigenvalue weighted by atomic mass is 10.2. The van der Waals surface area contributed by atoms with Crippen LogP contribution < -0.4 is 4.74 Å². The number of aromatic nitrogens is 1. The largest absolute Gasteiger partial charge is 0.481 e. The number of halogens is 1. The summed E-state index contributed by atoms with van der Waals surface area (Å²) in [6, 6.07) is 15.9. The van der Waals surface area contributed by atoms with E-state index in [9.17, 15) is 4.79 Å². The Morgan fingerprint density at radius 1 is 1.16 bits per heavy atom. The van der Waals surface area contributed by atoms with Gasteiger partial charge in [-0.3, -0.25) is 0 Å². The highest BCUT2D eigenvalue weighted by Crippen LogP contribution is 2.30. The van der Waals surface area contributed by atoms with Crippen molar-refractivity contribution < 1.29 is 14.3 Å². The number of hydrogen-bond donors (Lipinski definition) is 0. The molecule has 0 aliphatic heterocycles. The van der Waals surface area contributed by atoms with Crippen LogP contribution in [0.25, 0.3) is 10.9 Å². The van der Waals surface area contributed by atoms with Crippen LogP contribution in [0.4, 0.5) is 0 Å². The van der Waals surface area contributed by atoms with E-state index < -0.39 is 5.97 Å². The van der Waals surface area contributed by atoms with Crippen LogP contribution in [-0.2, 0) is 22.5 Å². The Kier molecular flexibility index (Phi) is 5.29. The normalized spacial score (nSPS) is 10.8. The SMILES string of the molecule is CCc1cc2c(OCC(=O)OC)cccc2n1Cc1cccc(Cl)c1. The minimum Gasteiger partial charge on any atom is -0.481 e. The maximum Gasteiger partial charge on any atom is 0.343 e. The molecular formula is C20H20ClNO3. The Balaban J connectivity index is 1.99. The highest BCUT2D eigenvalue weighted by molar-refractivity contribution is 6.30. The molecule has 0 bridgehead atoms. The fourth-order valence-corrected chi connectivity index (χ4v) is 3.14. The van der Waals surface area contributed by atoms with Crippen molar-refractivity contribution in [3.8, 4) is 5.75 Å². The molecule has 0 radical (unpaired) electrons. The third-order valence-electron chi connectivity index (χ3n) is 4.16. The third kappa shape index (κ3) is 3.80. The van der Waals surface area contributed by atoms with Crippen molar-refractivity contribution in [2.75, 3.05) is 13.7 Å². The number of carbonyl (C=O) groups excluding carboxylic acids is 1. The van der Waals surface area contributed by atoms with E-state index in [0.29, 0.717) is 5.75 Å². The van der Waals surface area contributed by atoms with E-state index in [1.807, 2.05) is 30.3 Å². The van der Waals surface area contributed by atoms with Crippen molar-refractivity contribution in [3.63, 3.8) is 0 Å². The van der Waals surface area contributed by atoms with E-state index >= 15 is 0 Å². The third-order valence-corrected chi connectivity index (χ3v) is 4.39. The second-order valence-electron chi connectivity index (χ2n) is 5.76. The van der Waals surface area contributed by atoms with Gasteiger partial charge in [-0.1, -0.05) is 36.7 Å². The van der Waals surface area contributed by atoms with E-state index in [4.69, 9.17) is 16.3 Å². The number of rotatable bonds is 6. The Labute approximate surface area is 151 Å². The molecule has 130 valence electrons. The van der Waals surface area contributed by atoms with E-state index in [2.05, 4.69) is 34.4 Å². The zero-order chi connectivity index (χ0) is 17.8. The zero-order valence-electron chi connectivity index (χ0n) is 14.3. The van der Waals surface area contributed by atoms with E-state index in [0.717, 1.165) is 34.5 Å². The molecule has 0 aliphatic carbocycles. The molecule has 0 saturated carbocycles. The van der Waals surface area contributed by atoms with Gasteiger partial charge in [0, 0.05) is 22.6 Å². The van der Waals surface area contributed by atoms with Crippen LogP contribution in [0.15, 0.2) is 48.5 Å². The summed E-state index contributed by atoms with van der Waals surface area (Å²) in [5.41, 5.74) is 3.41. The van der Waals surface area contributed by atoms with Gasteiger partial charge in [0.15, 0.2) is 6.61 Å². The van der Waals surface area contributed by atoms with Crippen LogP contribution in [0, 0.1) is 0 Å². The molecule has 0 unspecified atom stereocenters. The van der Waals surface area contributed by atoms with Crippen LogP contribution in [0.2, 0.25) is 5.02 Å². The first-order valence-electron chi connectivity index (χ1n) is 8.17. The Morgan fingerprint density at radius 3 is 2.68 bits per heavy atom. The number of ether oxygens (including phenoxy) is 2. The van der Waals surface area contributed by atoms with E-state index in [1.165, 1.54) is 12.8 Å². The van der Waals surface area contributed by atoms with Crippen LogP contribution in [0.1, 0.15) is 18.2 Å². The molecule has 5 heteroatoms. The van der Waals surface area contributed by atoms with Gasteiger partial charge < -0.3 is 14.0 Å². The number of carbonyl (C=O) groups is 1. The highest BCUT2D eigenvalue weighted by Gasteiger charge is 2.13. The summed E-state index contributed by atoms with van der Waals surface area (Å²) in [7, 11) is 1.35. The molecule has 4 nitrogen and oxygen atoms in total. The first-order valence-corrected chi connectivity index (χ1v) is 8.55. The van der Waals surface area contributed by atoms with Crippen molar-refractivity contribution in [3.05, 3.63) is 64.8 Å². The van der Waals surface area contributed by atoms with E-state index in [-0.39, 0.29) is 6.61 Å². The quantitative estimate of drug-likeness (QED) is 0.612. The van der Waals surface area contributed by atoms with Crippen molar-refractivity contribution in [1.82, 2.24) is 4.57 Å². The fourth-order valence-electron chi connectivity index (χ4n) is 2.93. The standard InChI is InChI=1S/C20H20ClNO3/c1-3-16-11-17-18(8-5-9-19(17)25-13-20(23)24-2)22(16)12-14-6-4-7-15(21)10-14/h4-11H,3,12-13H2,1-2H3. The number of hydrogen-bond acceptors (Lipinski definition) is 3. The topological polar surface area (TPSA) is 40.5 Å². The molecule has 1 heterocycles. The van der Waals surface area contributed by atoms with Gasteiger partial charge >= 0.3 is 5.97 Å². The van der Waals surface area contributed by atoms with Crippen LogP contribution in [0.3, 0.4) is 0 Å². The summed E-state index contributed by atoms with van der Waals surface area (Å²) in [6.45, 7) is 2.75. The lowest BCUT2D eigenvalue weighted by Crippen LogP contribution is -2.12. The van der Waals surface area contributed by atoms with Gasteiger partial charge in [-0.25, -0.2) is 4.79 Å². The molecule has 0 spiro atoms. The smallest absolute Gasteiger partial charge is 0.343 e. The lowest BCUT2D eigenvalue weighted by molar-refractivity contribution is -0.142. The molecule has 0 aliphatic rings. The van der Waals surface area contributed by atoms with Crippen LogP contribution in [-0.4, -0.2) is 24.3 Å². The Morgan fingerprint density at radius 2 is 1.96 bits per heavy atom. The van der Waals surface area contributed by atoms with Crippen LogP contribution in [0.5, 0.6) is 5.75 Å². The zero-order valence-corrected chi connectivity index (χ0v) is 15.0. The number of fused-ring (bicyclic) bond motifs is 1. The lowest BCUT2D eigenvalue weighted by Gasteiger charge is -2.11. The number of esters is 1.